The minimum absolute atomic E-state index is 0.110. The van der Waals surface area contributed by atoms with Gasteiger partial charge in [0.1, 0.15) is 0 Å². The van der Waals surface area contributed by atoms with E-state index in [-0.39, 0.29) is 16.8 Å². The molecule has 7 heteroatoms. The third-order valence-electron chi connectivity index (χ3n) is 5.52. The van der Waals surface area contributed by atoms with Crippen molar-refractivity contribution >= 4 is 15.9 Å². The fourth-order valence-electron chi connectivity index (χ4n) is 3.71. The third-order valence-corrected chi connectivity index (χ3v) is 7.42. The molecule has 1 aliphatic heterocycles. The molecule has 1 unspecified atom stereocenters. The molecule has 0 radical (unpaired) electrons. The van der Waals surface area contributed by atoms with Gasteiger partial charge in [-0.3, -0.25) is 4.79 Å². The smallest absolute Gasteiger partial charge is 0.252 e. The summed E-state index contributed by atoms with van der Waals surface area (Å²) in [5.74, 6) is -0.335. The molecule has 1 atom stereocenters. The number of rotatable bonds is 6. The van der Waals surface area contributed by atoms with E-state index < -0.39 is 10.0 Å². The van der Waals surface area contributed by atoms with Crippen LogP contribution in [-0.2, 0) is 14.8 Å². The van der Waals surface area contributed by atoms with Crippen molar-refractivity contribution in [1.29, 1.82) is 0 Å². The topological polar surface area (TPSA) is 75.7 Å². The Balaban J connectivity index is 1.61. The number of sulfonamides is 1. The summed E-state index contributed by atoms with van der Waals surface area (Å²) < 4.78 is 32.6. The van der Waals surface area contributed by atoms with E-state index >= 15 is 0 Å². The maximum atomic E-state index is 13.2. The number of carbonyl (C=O) groups is 1. The quantitative estimate of drug-likeness (QED) is 0.623. The molecule has 0 bridgehead atoms. The number of benzene rings is 3. The molecule has 3 aromatic carbocycles. The number of carbonyl (C=O) groups excluding carboxylic acids is 1. The van der Waals surface area contributed by atoms with E-state index in [1.165, 1.54) is 16.4 Å². The van der Waals surface area contributed by atoms with Gasteiger partial charge in [-0.05, 0) is 36.2 Å². The Kier molecular flexibility index (Phi) is 6.69. The minimum atomic E-state index is -3.68. The molecule has 1 heterocycles. The molecule has 166 valence electrons. The number of hydrogen-bond donors (Lipinski definition) is 1. The average molecular weight is 451 g/mol. The maximum absolute atomic E-state index is 13.2. The van der Waals surface area contributed by atoms with E-state index in [0.29, 0.717) is 31.9 Å². The normalized spacial score (nSPS) is 15.8. The SMILES string of the molecule is Cc1ccc(C(NC(=O)c2cccc(S(=O)(=O)N3CCOCC3)c2)c2ccccc2)cc1. The molecule has 1 fully saturated rings. The Morgan fingerprint density at radius 2 is 1.56 bits per heavy atom. The first-order chi connectivity index (χ1) is 15.4. The molecular formula is C25H26N2O4S. The molecule has 1 N–H and O–H groups in total. The molecule has 0 spiro atoms. The van der Waals surface area contributed by atoms with E-state index in [2.05, 4.69) is 5.32 Å². The second kappa shape index (κ2) is 9.65. The zero-order valence-corrected chi connectivity index (χ0v) is 18.7. The Morgan fingerprint density at radius 1 is 0.906 bits per heavy atom. The Morgan fingerprint density at radius 3 is 2.25 bits per heavy atom. The zero-order valence-electron chi connectivity index (χ0n) is 17.9. The van der Waals surface area contributed by atoms with Gasteiger partial charge in [-0.2, -0.15) is 4.31 Å². The van der Waals surface area contributed by atoms with Gasteiger partial charge in [0.2, 0.25) is 10.0 Å². The lowest BCUT2D eigenvalue weighted by molar-refractivity contribution is 0.0730. The number of ether oxygens (including phenoxy) is 1. The molecule has 0 saturated carbocycles. The minimum Gasteiger partial charge on any atom is -0.379 e. The fraction of sp³-hybridized carbons (Fsp3) is 0.240. The van der Waals surface area contributed by atoms with Crippen LogP contribution in [0.25, 0.3) is 0 Å². The number of nitrogens with one attached hydrogen (secondary N) is 1. The number of hydrogen-bond acceptors (Lipinski definition) is 4. The number of nitrogens with zero attached hydrogens (tertiary/aromatic N) is 1. The summed E-state index contributed by atoms with van der Waals surface area (Å²) in [5.41, 5.74) is 3.33. The van der Waals surface area contributed by atoms with E-state index in [9.17, 15) is 13.2 Å². The van der Waals surface area contributed by atoms with Gasteiger partial charge < -0.3 is 10.1 Å². The highest BCUT2D eigenvalue weighted by Crippen LogP contribution is 2.24. The number of aryl methyl sites for hydroxylation is 1. The second-order valence-electron chi connectivity index (χ2n) is 7.77. The van der Waals surface area contributed by atoms with Crippen LogP contribution in [0.15, 0.2) is 83.8 Å². The van der Waals surface area contributed by atoms with E-state index in [1.807, 2.05) is 61.5 Å². The monoisotopic (exact) mass is 450 g/mol. The van der Waals surface area contributed by atoms with Gasteiger partial charge in [0.15, 0.2) is 0 Å². The van der Waals surface area contributed by atoms with E-state index in [4.69, 9.17) is 4.74 Å². The van der Waals surface area contributed by atoms with Gasteiger partial charge in [-0.1, -0.05) is 66.2 Å². The first-order valence-corrected chi connectivity index (χ1v) is 12.0. The van der Waals surface area contributed by atoms with E-state index in [1.54, 1.807) is 12.1 Å². The van der Waals surface area contributed by atoms with Gasteiger partial charge in [-0.25, -0.2) is 8.42 Å². The van der Waals surface area contributed by atoms with Crippen LogP contribution in [0.1, 0.15) is 33.1 Å². The zero-order chi connectivity index (χ0) is 22.6. The average Bonchev–Trinajstić information content (AvgIpc) is 2.84. The van der Waals surface area contributed by atoms with Crippen molar-refractivity contribution in [2.75, 3.05) is 26.3 Å². The molecule has 1 saturated heterocycles. The van der Waals surface area contributed by atoms with Gasteiger partial charge in [0.05, 0.1) is 24.2 Å². The van der Waals surface area contributed by atoms with Crippen molar-refractivity contribution in [2.24, 2.45) is 0 Å². The van der Waals surface area contributed by atoms with Crippen LogP contribution in [-0.4, -0.2) is 44.9 Å². The predicted octanol–water partition coefficient (Wildman–Crippen LogP) is 3.54. The lowest BCUT2D eigenvalue weighted by Crippen LogP contribution is -2.40. The summed E-state index contributed by atoms with van der Waals surface area (Å²) in [7, 11) is -3.68. The molecule has 6 nitrogen and oxygen atoms in total. The van der Waals surface area contributed by atoms with Crippen molar-refractivity contribution in [1.82, 2.24) is 9.62 Å². The van der Waals surface area contributed by atoms with Crippen molar-refractivity contribution in [3.05, 3.63) is 101 Å². The standard InChI is InChI=1S/C25H26N2O4S/c1-19-10-12-21(13-11-19)24(20-6-3-2-4-7-20)26-25(28)22-8-5-9-23(18-22)32(29,30)27-14-16-31-17-15-27/h2-13,18,24H,14-17H2,1H3,(H,26,28). The lowest BCUT2D eigenvalue weighted by atomic mass is 9.97. The summed E-state index contributed by atoms with van der Waals surface area (Å²) in [6, 6.07) is 23.6. The molecule has 0 aliphatic carbocycles. The van der Waals surface area contributed by atoms with Gasteiger partial charge in [-0.15, -0.1) is 0 Å². The second-order valence-corrected chi connectivity index (χ2v) is 9.71. The molecule has 4 rings (SSSR count). The van der Waals surface area contributed by atoms with Crippen molar-refractivity contribution < 1.29 is 17.9 Å². The van der Waals surface area contributed by atoms with Crippen molar-refractivity contribution in [2.45, 2.75) is 17.9 Å². The summed E-state index contributed by atoms with van der Waals surface area (Å²) >= 11 is 0. The van der Waals surface area contributed by atoms with Crippen LogP contribution in [0.3, 0.4) is 0 Å². The van der Waals surface area contributed by atoms with Crippen LogP contribution >= 0.6 is 0 Å². The van der Waals surface area contributed by atoms with E-state index in [0.717, 1.165) is 16.7 Å². The molecule has 0 aromatic heterocycles. The molecule has 1 aliphatic rings. The summed E-state index contributed by atoms with van der Waals surface area (Å²) in [4.78, 5) is 13.3. The third kappa shape index (κ3) is 4.91. The number of amides is 1. The summed E-state index contributed by atoms with van der Waals surface area (Å²) in [5, 5.41) is 3.08. The molecular weight excluding hydrogens is 424 g/mol. The highest BCUT2D eigenvalue weighted by Gasteiger charge is 2.27. The van der Waals surface area contributed by atoms with Crippen LogP contribution in [0, 0.1) is 6.92 Å². The summed E-state index contributed by atoms with van der Waals surface area (Å²) in [6.45, 7) is 3.37. The first kappa shape index (κ1) is 22.2. The summed E-state index contributed by atoms with van der Waals surface area (Å²) in [6.07, 6.45) is 0. The number of morpholine rings is 1. The Hall–Kier alpha value is -3.00. The van der Waals surface area contributed by atoms with Gasteiger partial charge in [0, 0.05) is 18.7 Å². The van der Waals surface area contributed by atoms with Gasteiger partial charge >= 0.3 is 0 Å². The Bertz CT molecular complexity index is 1170. The van der Waals surface area contributed by atoms with Gasteiger partial charge in [0.25, 0.3) is 5.91 Å². The molecule has 32 heavy (non-hydrogen) atoms. The highest BCUT2D eigenvalue weighted by atomic mass is 32.2. The molecule has 1 amide bonds. The Labute approximate surface area is 188 Å². The highest BCUT2D eigenvalue weighted by molar-refractivity contribution is 7.89. The van der Waals surface area contributed by atoms with Crippen molar-refractivity contribution in [3.8, 4) is 0 Å². The van der Waals surface area contributed by atoms with Crippen LogP contribution in [0.4, 0.5) is 0 Å². The van der Waals surface area contributed by atoms with Crippen LogP contribution in [0.2, 0.25) is 0 Å². The lowest BCUT2D eigenvalue weighted by Gasteiger charge is -2.26. The first-order valence-electron chi connectivity index (χ1n) is 10.6. The maximum Gasteiger partial charge on any atom is 0.252 e. The van der Waals surface area contributed by atoms with Crippen molar-refractivity contribution in [3.63, 3.8) is 0 Å². The molecule has 3 aromatic rings. The van der Waals surface area contributed by atoms with Crippen LogP contribution in [0.5, 0.6) is 0 Å². The predicted molar refractivity (Wildman–Crippen MR) is 123 cm³/mol. The van der Waals surface area contributed by atoms with Crippen LogP contribution < -0.4 is 5.32 Å². The largest absolute Gasteiger partial charge is 0.379 e. The fourth-order valence-corrected chi connectivity index (χ4v) is 5.17.